The standard InChI is InChI=1S/C20H15FN6O2S/c21-14-6-1-2-7-15(14)27-20(29)26-12-5-3-4-11(8-12)25-18(28)13-9-30-19-16(13)17(22)23-10-24-19/h1-10H,(H,25,28)(H2,22,23,24)(H2,26,27,29). The van der Waals surface area contributed by atoms with Gasteiger partial charge < -0.3 is 21.7 Å². The largest absolute Gasteiger partial charge is 0.383 e. The molecule has 10 heteroatoms. The Bertz CT molecular complexity index is 1260. The van der Waals surface area contributed by atoms with Crippen molar-refractivity contribution in [2.75, 3.05) is 21.7 Å². The molecule has 0 unspecified atom stereocenters. The van der Waals surface area contributed by atoms with Crippen molar-refractivity contribution in [2.24, 2.45) is 0 Å². The summed E-state index contributed by atoms with van der Waals surface area (Å²) in [7, 11) is 0. The molecule has 0 saturated heterocycles. The van der Waals surface area contributed by atoms with Crippen LogP contribution in [0.4, 0.5) is 32.1 Å². The number of para-hydroxylation sites is 1. The third-order valence-corrected chi connectivity index (χ3v) is 5.03. The van der Waals surface area contributed by atoms with Gasteiger partial charge in [-0.1, -0.05) is 18.2 Å². The maximum atomic E-state index is 13.7. The number of nitrogens with one attached hydrogen (secondary N) is 3. The minimum atomic E-state index is -0.614. The van der Waals surface area contributed by atoms with Crippen LogP contribution in [0.2, 0.25) is 0 Å². The lowest BCUT2D eigenvalue weighted by Crippen LogP contribution is -2.20. The Morgan fingerprint density at radius 1 is 0.967 bits per heavy atom. The average molecular weight is 422 g/mol. The Morgan fingerprint density at radius 3 is 2.53 bits per heavy atom. The summed E-state index contributed by atoms with van der Waals surface area (Å²) >= 11 is 1.29. The fourth-order valence-corrected chi connectivity index (χ4v) is 3.68. The number of nitrogen functional groups attached to an aromatic ring is 1. The summed E-state index contributed by atoms with van der Waals surface area (Å²) in [5.41, 5.74) is 7.18. The van der Waals surface area contributed by atoms with E-state index in [0.29, 0.717) is 27.2 Å². The second-order valence-corrected chi connectivity index (χ2v) is 7.04. The van der Waals surface area contributed by atoms with Crippen molar-refractivity contribution >= 4 is 56.4 Å². The number of amides is 3. The molecule has 2 aromatic carbocycles. The lowest BCUT2D eigenvalue weighted by Gasteiger charge is -2.10. The molecule has 0 atom stereocenters. The number of nitrogens with two attached hydrogens (primary N) is 1. The first kappa shape index (κ1) is 19.3. The fourth-order valence-electron chi connectivity index (χ4n) is 2.79. The number of benzene rings is 2. The van der Waals surface area contributed by atoms with Crippen molar-refractivity contribution in [1.82, 2.24) is 9.97 Å². The van der Waals surface area contributed by atoms with Crippen LogP contribution in [0.3, 0.4) is 0 Å². The van der Waals surface area contributed by atoms with Crippen molar-refractivity contribution in [1.29, 1.82) is 0 Å². The molecule has 0 aliphatic heterocycles. The Kier molecular flexibility index (Phi) is 5.22. The molecule has 0 aliphatic rings. The summed E-state index contributed by atoms with van der Waals surface area (Å²) < 4.78 is 13.7. The summed E-state index contributed by atoms with van der Waals surface area (Å²) in [5.74, 6) is -0.692. The van der Waals surface area contributed by atoms with E-state index in [-0.39, 0.29) is 17.4 Å². The maximum absolute atomic E-state index is 13.7. The molecule has 8 nitrogen and oxygen atoms in total. The highest BCUT2D eigenvalue weighted by Gasteiger charge is 2.16. The van der Waals surface area contributed by atoms with Crippen LogP contribution in [0.25, 0.3) is 10.2 Å². The van der Waals surface area contributed by atoms with E-state index in [1.807, 2.05) is 0 Å². The number of carbonyl (C=O) groups is 2. The first-order chi connectivity index (χ1) is 14.5. The van der Waals surface area contributed by atoms with Crippen LogP contribution >= 0.6 is 11.3 Å². The van der Waals surface area contributed by atoms with E-state index in [2.05, 4.69) is 25.9 Å². The van der Waals surface area contributed by atoms with Crippen molar-refractivity contribution < 1.29 is 14.0 Å². The summed E-state index contributed by atoms with van der Waals surface area (Å²) in [6.45, 7) is 0. The SMILES string of the molecule is Nc1ncnc2scc(C(=O)Nc3cccc(NC(=O)Nc4ccccc4F)c3)c12. The highest BCUT2D eigenvalue weighted by Crippen LogP contribution is 2.28. The summed E-state index contributed by atoms with van der Waals surface area (Å²) in [6.07, 6.45) is 1.34. The number of fused-ring (bicyclic) bond motifs is 1. The Morgan fingerprint density at radius 2 is 1.73 bits per heavy atom. The zero-order valence-corrected chi connectivity index (χ0v) is 16.2. The van der Waals surface area contributed by atoms with Gasteiger partial charge >= 0.3 is 6.03 Å². The molecule has 150 valence electrons. The lowest BCUT2D eigenvalue weighted by atomic mass is 10.2. The Hall–Kier alpha value is -4.05. The first-order valence-electron chi connectivity index (χ1n) is 8.73. The second kappa shape index (κ2) is 8.13. The molecule has 0 aliphatic carbocycles. The van der Waals surface area contributed by atoms with Crippen LogP contribution in [0.15, 0.2) is 60.2 Å². The van der Waals surface area contributed by atoms with Gasteiger partial charge in [0.05, 0.1) is 16.6 Å². The molecule has 0 fully saturated rings. The van der Waals surface area contributed by atoms with Gasteiger partial charge in [0.1, 0.15) is 22.8 Å². The van der Waals surface area contributed by atoms with Gasteiger partial charge in [0.2, 0.25) is 0 Å². The summed E-state index contributed by atoms with van der Waals surface area (Å²) in [4.78, 5) is 33.5. The van der Waals surface area contributed by atoms with Gasteiger partial charge in [-0.25, -0.2) is 19.2 Å². The molecule has 2 heterocycles. The molecule has 0 bridgehead atoms. The van der Waals surface area contributed by atoms with Crippen molar-refractivity contribution in [2.45, 2.75) is 0 Å². The molecular formula is C20H15FN6O2S. The molecule has 30 heavy (non-hydrogen) atoms. The molecular weight excluding hydrogens is 407 g/mol. The van der Waals surface area contributed by atoms with E-state index in [4.69, 9.17) is 5.73 Å². The number of hydrogen-bond donors (Lipinski definition) is 4. The summed E-state index contributed by atoms with van der Waals surface area (Å²) in [5, 5.41) is 9.95. The van der Waals surface area contributed by atoms with E-state index < -0.39 is 11.8 Å². The number of anilines is 4. The van der Waals surface area contributed by atoms with E-state index in [1.54, 1.807) is 35.7 Å². The molecule has 2 aromatic heterocycles. The second-order valence-electron chi connectivity index (χ2n) is 6.18. The molecule has 5 N–H and O–H groups in total. The fraction of sp³-hybridized carbons (Fsp3) is 0. The van der Waals surface area contributed by atoms with Gasteiger partial charge in [-0.15, -0.1) is 11.3 Å². The number of nitrogens with zero attached hydrogens (tertiary/aromatic N) is 2. The zero-order valence-electron chi connectivity index (χ0n) is 15.3. The van der Waals surface area contributed by atoms with Crippen LogP contribution in [0.1, 0.15) is 10.4 Å². The number of urea groups is 1. The third-order valence-electron chi connectivity index (χ3n) is 4.14. The van der Waals surface area contributed by atoms with Gasteiger partial charge in [0.15, 0.2) is 0 Å². The van der Waals surface area contributed by atoms with Crippen LogP contribution in [0, 0.1) is 5.82 Å². The molecule has 4 aromatic rings. The Balaban J connectivity index is 1.47. The number of aromatic nitrogens is 2. The van der Waals surface area contributed by atoms with Crippen molar-refractivity contribution in [3.05, 3.63) is 71.6 Å². The van der Waals surface area contributed by atoms with Gasteiger partial charge in [-0.3, -0.25) is 4.79 Å². The van der Waals surface area contributed by atoms with Gasteiger partial charge in [-0.05, 0) is 30.3 Å². The number of thiophene rings is 1. The van der Waals surface area contributed by atoms with Crippen LogP contribution in [-0.2, 0) is 0 Å². The minimum Gasteiger partial charge on any atom is -0.383 e. The first-order valence-corrected chi connectivity index (χ1v) is 9.61. The van der Waals surface area contributed by atoms with Gasteiger partial charge in [0.25, 0.3) is 5.91 Å². The molecule has 0 spiro atoms. The Labute approximate surface area is 174 Å². The number of halogens is 1. The van der Waals surface area contributed by atoms with E-state index in [9.17, 15) is 14.0 Å². The predicted octanol–water partition coefficient (Wildman–Crippen LogP) is 4.31. The highest BCUT2D eigenvalue weighted by atomic mass is 32.1. The molecule has 4 rings (SSSR count). The zero-order chi connectivity index (χ0) is 21.1. The smallest absolute Gasteiger partial charge is 0.323 e. The van der Waals surface area contributed by atoms with Gasteiger partial charge in [0, 0.05) is 16.8 Å². The quantitative estimate of drug-likeness (QED) is 0.390. The van der Waals surface area contributed by atoms with Crippen molar-refractivity contribution in [3.8, 4) is 0 Å². The topological polar surface area (TPSA) is 122 Å². The highest BCUT2D eigenvalue weighted by molar-refractivity contribution is 7.17. The monoisotopic (exact) mass is 422 g/mol. The third kappa shape index (κ3) is 4.03. The van der Waals surface area contributed by atoms with Crippen molar-refractivity contribution in [3.63, 3.8) is 0 Å². The minimum absolute atomic E-state index is 0.0589. The number of rotatable bonds is 4. The lowest BCUT2D eigenvalue weighted by molar-refractivity contribution is 0.102. The number of hydrogen-bond acceptors (Lipinski definition) is 6. The number of carbonyl (C=O) groups excluding carboxylic acids is 2. The van der Waals surface area contributed by atoms with E-state index in [0.717, 1.165) is 0 Å². The average Bonchev–Trinajstić information content (AvgIpc) is 3.16. The van der Waals surface area contributed by atoms with Crippen LogP contribution < -0.4 is 21.7 Å². The van der Waals surface area contributed by atoms with Crippen LogP contribution in [-0.4, -0.2) is 21.9 Å². The summed E-state index contributed by atoms with van der Waals surface area (Å²) in [6, 6.07) is 11.8. The predicted molar refractivity (Wildman–Crippen MR) is 115 cm³/mol. The van der Waals surface area contributed by atoms with E-state index in [1.165, 1.54) is 35.9 Å². The van der Waals surface area contributed by atoms with E-state index >= 15 is 0 Å². The van der Waals surface area contributed by atoms with Crippen LogP contribution in [0.5, 0.6) is 0 Å². The molecule has 0 saturated carbocycles. The normalized spacial score (nSPS) is 10.6. The molecule has 3 amide bonds. The van der Waals surface area contributed by atoms with Gasteiger partial charge in [-0.2, -0.15) is 0 Å². The maximum Gasteiger partial charge on any atom is 0.323 e. The molecule has 0 radical (unpaired) electrons.